The lowest BCUT2D eigenvalue weighted by atomic mass is 9.86. The molecule has 1 aromatic heterocycles. The molecule has 3 aromatic carbocycles. The van der Waals surface area contributed by atoms with Crippen molar-refractivity contribution in [1.29, 1.82) is 0 Å². The third-order valence-corrected chi connectivity index (χ3v) is 6.45. The predicted octanol–water partition coefficient (Wildman–Crippen LogP) is 6.27. The van der Waals surface area contributed by atoms with E-state index in [2.05, 4.69) is 24.4 Å². The largest absolute Gasteiger partial charge is 0.349 e. The summed E-state index contributed by atoms with van der Waals surface area (Å²) in [5.74, 6) is 0.493. The Morgan fingerprint density at radius 2 is 1.38 bits per heavy atom. The molecule has 4 nitrogen and oxygen atoms in total. The van der Waals surface area contributed by atoms with E-state index in [9.17, 15) is 4.79 Å². The highest BCUT2D eigenvalue weighted by Crippen LogP contribution is 2.31. The van der Waals surface area contributed by atoms with Crippen LogP contribution in [0.2, 0.25) is 0 Å². The maximum absolute atomic E-state index is 13.0. The zero-order chi connectivity index (χ0) is 21.9. The Bertz CT molecular complexity index is 1240. The molecule has 5 rings (SSSR count). The third kappa shape index (κ3) is 4.13. The summed E-state index contributed by atoms with van der Waals surface area (Å²) in [6, 6.07) is 26.1. The van der Waals surface area contributed by atoms with Crippen molar-refractivity contribution >= 4 is 16.9 Å². The minimum atomic E-state index is -0.0270. The number of carbonyl (C=O) groups excluding carboxylic acids is 1. The van der Waals surface area contributed by atoms with Gasteiger partial charge in [-0.2, -0.15) is 0 Å². The number of benzene rings is 3. The Balaban J connectivity index is 1.55. The minimum absolute atomic E-state index is 0.0270. The van der Waals surface area contributed by atoms with Gasteiger partial charge in [-0.3, -0.25) is 4.79 Å². The fourth-order valence-electron chi connectivity index (χ4n) is 4.57. The van der Waals surface area contributed by atoms with E-state index < -0.39 is 0 Å². The first-order valence-corrected chi connectivity index (χ1v) is 11.4. The van der Waals surface area contributed by atoms with Gasteiger partial charge in [-0.05, 0) is 37.0 Å². The van der Waals surface area contributed by atoms with E-state index in [4.69, 9.17) is 9.97 Å². The summed E-state index contributed by atoms with van der Waals surface area (Å²) in [5.41, 5.74) is 5.84. The first kappa shape index (κ1) is 20.4. The molecule has 1 fully saturated rings. The second-order valence-corrected chi connectivity index (χ2v) is 8.70. The predicted molar refractivity (Wildman–Crippen MR) is 129 cm³/mol. The molecule has 4 aromatic rings. The van der Waals surface area contributed by atoms with Crippen LogP contribution >= 0.6 is 0 Å². The van der Waals surface area contributed by atoms with E-state index in [1.165, 1.54) is 19.3 Å². The van der Waals surface area contributed by atoms with Crippen LogP contribution in [0.3, 0.4) is 0 Å². The first-order valence-electron chi connectivity index (χ1n) is 11.4. The number of hydrogen-bond acceptors (Lipinski definition) is 3. The molecule has 32 heavy (non-hydrogen) atoms. The van der Waals surface area contributed by atoms with E-state index >= 15 is 0 Å². The fraction of sp³-hybridized carbons (Fsp3) is 0.250. The van der Waals surface area contributed by atoms with Gasteiger partial charge in [0.15, 0.2) is 0 Å². The molecule has 0 unspecified atom stereocenters. The van der Waals surface area contributed by atoms with Crippen LogP contribution in [0.15, 0.2) is 78.9 Å². The van der Waals surface area contributed by atoms with Crippen LogP contribution < -0.4 is 5.32 Å². The van der Waals surface area contributed by atoms with Gasteiger partial charge in [0, 0.05) is 22.7 Å². The van der Waals surface area contributed by atoms with Crippen LogP contribution in [0.1, 0.15) is 43.0 Å². The van der Waals surface area contributed by atoms with Crippen molar-refractivity contribution in [2.45, 2.75) is 38.6 Å². The van der Waals surface area contributed by atoms with E-state index in [-0.39, 0.29) is 11.9 Å². The third-order valence-electron chi connectivity index (χ3n) is 6.45. The standard InChI is InChI=1S/C28H27N3O/c1-19-10-8-9-15-23(19)31-28(32)22-16-17-24-25(18-22)30-27(21-13-6-3-7-14-21)26(29-24)20-11-4-2-5-12-20/h2-7,11-14,16-19,23H,8-10,15H2,1H3,(H,31,32)/t19-,23-/m0/s1. The number of rotatable bonds is 4. The average Bonchev–Trinajstić information content (AvgIpc) is 2.85. The van der Waals surface area contributed by atoms with Crippen LogP contribution in [-0.4, -0.2) is 21.9 Å². The minimum Gasteiger partial charge on any atom is -0.349 e. The van der Waals surface area contributed by atoms with Crippen molar-refractivity contribution in [2.75, 3.05) is 0 Å². The molecular weight excluding hydrogens is 394 g/mol. The second-order valence-electron chi connectivity index (χ2n) is 8.70. The Hall–Kier alpha value is -3.53. The first-order chi connectivity index (χ1) is 15.7. The summed E-state index contributed by atoms with van der Waals surface area (Å²) in [4.78, 5) is 22.9. The van der Waals surface area contributed by atoms with Crippen molar-refractivity contribution in [3.63, 3.8) is 0 Å². The summed E-state index contributed by atoms with van der Waals surface area (Å²) < 4.78 is 0. The number of aromatic nitrogens is 2. The maximum atomic E-state index is 13.0. The van der Waals surface area contributed by atoms with Crippen LogP contribution in [0.4, 0.5) is 0 Å². The molecule has 1 heterocycles. The van der Waals surface area contributed by atoms with E-state index in [0.29, 0.717) is 11.5 Å². The maximum Gasteiger partial charge on any atom is 0.251 e. The molecule has 1 aliphatic rings. The number of hydrogen-bond donors (Lipinski definition) is 1. The van der Waals surface area contributed by atoms with Gasteiger partial charge in [-0.1, -0.05) is 80.4 Å². The Labute approximate surface area is 188 Å². The lowest BCUT2D eigenvalue weighted by Gasteiger charge is -2.29. The average molecular weight is 422 g/mol. The number of carbonyl (C=O) groups is 1. The second kappa shape index (κ2) is 8.91. The van der Waals surface area contributed by atoms with Crippen molar-refractivity contribution in [3.8, 4) is 22.5 Å². The molecule has 1 aliphatic carbocycles. The highest BCUT2D eigenvalue weighted by molar-refractivity contribution is 5.98. The van der Waals surface area contributed by atoms with Crippen LogP contribution in [0.5, 0.6) is 0 Å². The van der Waals surface area contributed by atoms with Gasteiger partial charge in [0.05, 0.1) is 22.4 Å². The zero-order valence-electron chi connectivity index (χ0n) is 18.3. The van der Waals surface area contributed by atoms with Gasteiger partial charge in [0.1, 0.15) is 0 Å². The van der Waals surface area contributed by atoms with E-state index in [0.717, 1.165) is 40.0 Å². The van der Waals surface area contributed by atoms with Gasteiger partial charge in [-0.15, -0.1) is 0 Å². The van der Waals surface area contributed by atoms with Crippen molar-refractivity contribution in [1.82, 2.24) is 15.3 Å². The van der Waals surface area contributed by atoms with E-state index in [1.807, 2.05) is 66.7 Å². The number of nitrogens with one attached hydrogen (secondary N) is 1. The summed E-state index contributed by atoms with van der Waals surface area (Å²) in [6.45, 7) is 2.23. The quantitative estimate of drug-likeness (QED) is 0.422. The molecule has 4 heteroatoms. The molecule has 0 spiro atoms. The summed E-state index contributed by atoms with van der Waals surface area (Å²) >= 11 is 0. The van der Waals surface area contributed by atoms with Crippen LogP contribution in [0.25, 0.3) is 33.5 Å². The summed E-state index contributed by atoms with van der Waals surface area (Å²) in [6.07, 6.45) is 4.67. The fourth-order valence-corrected chi connectivity index (χ4v) is 4.57. The topological polar surface area (TPSA) is 54.9 Å². The smallest absolute Gasteiger partial charge is 0.251 e. The van der Waals surface area contributed by atoms with Gasteiger partial charge in [0.25, 0.3) is 5.91 Å². The number of fused-ring (bicyclic) bond motifs is 1. The van der Waals surface area contributed by atoms with E-state index in [1.54, 1.807) is 0 Å². The molecule has 0 bridgehead atoms. The number of nitrogens with zero attached hydrogens (tertiary/aromatic N) is 2. The lowest BCUT2D eigenvalue weighted by Crippen LogP contribution is -2.41. The van der Waals surface area contributed by atoms with Crippen LogP contribution in [-0.2, 0) is 0 Å². The lowest BCUT2D eigenvalue weighted by molar-refractivity contribution is 0.0910. The molecular formula is C28H27N3O. The van der Waals surface area contributed by atoms with Gasteiger partial charge in [0.2, 0.25) is 0 Å². The zero-order valence-corrected chi connectivity index (χ0v) is 18.3. The molecule has 0 radical (unpaired) electrons. The molecule has 1 amide bonds. The Morgan fingerprint density at radius 3 is 2.00 bits per heavy atom. The highest BCUT2D eigenvalue weighted by Gasteiger charge is 2.23. The van der Waals surface area contributed by atoms with Gasteiger partial charge in [-0.25, -0.2) is 9.97 Å². The molecule has 160 valence electrons. The van der Waals surface area contributed by atoms with Crippen LogP contribution in [0, 0.1) is 5.92 Å². The SMILES string of the molecule is C[C@H]1CCCC[C@@H]1NC(=O)c1ccc2nc(-c3ccccc3)c(-c3ccccc3)nc2c1. The molecule has 1 N–H and O–H groups in total. The van der Waals surface area contributed by atoms with Gasteiger partial charge >= 0.3 is 0 Å². The van der Waals surface area contributed by atoms with Crippen molar-refractivity contribution in [3.05, 3.63) is 84.4 Å². The van der Waals surface area contributed by atoms with Crippen molar-refractivity contribution in [2.24, 2.45) is 5.92 Å². The van der Waals surface area contributed by atoms with Crippen molar-refractivity contribution < 1.29 is 4.79 Å². The monoisotopic (exact) mass is 421 g/mol. The molecule has 2 atom stereocenters. The molecule has 0 aliphatic heterocycles. The number of amides is 1. The summed E-state index contributed by atoms with van der Waals surface area (Å²) in [7, 11) is 0. The Kier molecular flexibility index (Phi) is 5.68. The summed E-state index contributed by atoms with van der Waals surface area (Å²) in [5, 5.41) is 3.25. The normalized spacial score (nSPS) is 18.4. The molecule has 0 saturated heterocycles. The Morgan fingerprint density at radius 1 is 0.781 bits per heavy atom. The highest BCUT2D eigenvalue weighted by atomic mass is 16.1. The van der Waals surface area contributed by atoms with Gasteiger partial charge < -0.3 is 5.32 Å². The molecule has 1 saturated carbocycles.